The molecule has 1 aliphatic rings. The molecular formula is C30H35N7O2. The van der Waals surface area contributed by atoms with E-state index >= 15 is 0 Å². The van der Waals surface area contributed by atoms with Crippen molar-refractivity contribution in [3.63, 3.8) is 0 Å². The molecule has 0 radical (unpaired) electrons. The summed E-state index contributed by atoms with van der Waals surface area (Å²) in [4.78, 5) is 36.5. The smallest absolute Gasteiger partial charge is 0.254 e. The van der Waals surface area contributed by atoms with Crippen LogP contribution >= 0.6 is 0 Å². The highest BCUT2D eigenvalue weighted by atomic mass is 16.2. The van der Waals surface area contributed by atoms with Crippen LogP contribution in [0.1, 0.15) is 47.7 Å². The van der Waals surface area contributed by atoms with Gasteiger partial charge in [-0.1, -0.05) is 60.2 Å². The molecule has 1 atom stereocenters. The Kier molecular flexibility index (Phi) is 7.86. The van der Waals surface area contributed by atoms with Crippen LogP contribution in [0.4, 0.5) is 5.82 Å². The van der Waals surface area contributed by atoms with E-state index in [1.165, 1.54) is 12.5 Å². The quantitative estimate of drug-likeness (QED) is 0.366. The molecule has 1 saturated heterocycles. The predicted molar refractivity (Wildman–Crippen MR) is 151 cm³/mol. The van der Waals surface area contributed by atoms with Crippen molar-refractivity contribution < 1.29 is 9.59 Å². The number of carbonyl (C=O) groups is 2. The topological polar surface area (TPSA) is 105 Å². The van der Waals surface area contributed by atoms with Crippen molar-refractivity contribution in [2.24, 2.45) is 0 Å². The molecule has 3 heterocycles. The number of aromatic nitrogens is 4. The van der Waals surface area contributed by atoms with Gasteiger partial charge in [-0.05, 0) is 37.8 Å². The number of piperidine rings is 1. The maximum atomic E-state index is 13.2. The molecule has 2 amide bonds. The second-order valence-corrected chi connectivity index (χ2v) is 10.3. The third-order valence-electron chi connectivity index (χ3n) is 7.32. The Hall–Kier alpha value is -4.27. The first-order valence-corrected chi connectivity index (χ1v) is 13.5. The van der Waals surface area contributed by atoms with Gasteiger partial charge in [-0.25, -0.2) is 4.98 Å². The molecule has 5 rings (SSSR count). The van der Waals surface area contributed by atoms with Crippen LogP contribution < -0.4 is 15.5 Å². The number of hydrogen-bond donors (Lipinski definition) is 2. The van der Waals surface area contributed by atoms with Gasteiger partial charge in [0.25, 0.3) is 5.78 Å². The van der Waals surface area contributed by atoms with Crippen LogP contribution in [0.25, 0.3) is 5.78 Å². The Bertz CT molecular complexity index is 1440. The van der Waals surface area contributed by atoms with Crippen LogP contribution in [0.5, 0.6) is 0 Å². The van der Waals surface area contributed by atoms with Crippen molar-refractivity contribution in [1.82, 2.24) is 30.2 Å². The lowest BCUT2D eigenvalue weighted by atomic mass is 10.00. The molecule has 1 aliphatic heterocycles. The minimum absolute atomic E-state index is 0.0229. The molecule has 202 valence electrons. The fourth-order valence-corrected chi connectivity index (χ4v) is 5.25. The zero-order valence-electron chi connectivity index (χ0n) is 22.7. The minimum Gasteiger partial charge on any atom is -0.356 e. The molecule has 39 heavy (non-hydrogen) atoms. The largest absolute Gasteiger partial charge is 0.356 e. The average Bonchev–Trinajstić information content (AvgIpc) is 3.39. The van der Waals surface area contributed by atoms with Crippen LogP contribution in [0, 0.1) is 13.8 Å². The first-order chi connectivity index (χ1) is 18.9. The third-order valence-corrected chi connectivity index (χ3v) is 7.32. The first kappa shape index (κ1) is 26.3. The van der Waals surface area contributed by atoms with E-state index in [9.17, 15) is 9.59 Å². The molecule has 9 nitrogen and oxygen atoms in total. The maximum absolute atomic E-state index is 13.2. The molecule has 1 fully saturated rings. The first-order valence-electron chi connectivity index (χ1n) is 13.5. The third kappa shape index (κ3) is 6.25. The highest BCUT2D eigenvalue weighted by Gasteiger charge is 2.28. The summed E-state index contributed by atoms with van der Waals surface area (Å²) in [7, 11) is 0. The number of nitrogens with zero attached hydrogens (tertiary/aromatic N) is 5. The predicted octanol–water partition coefficient (Wildman–Crippen LogP) is 3.16. The summed E-state index contributed by atoms with van der Waals surface area (Å²) in [6, 6.07) is 17.8. The van der Waals surface area contributed by atoms with Crippen molar-refractivity contribution in [2.45, 2.75) is 58.5 Å². The van der Waals surface area contributed by atoms with E-state index in [-0.39, 0.29) is 17.9 Å². The van der Waals surface area contributed by atoms with Crippen molar-refractivity contribution >= 4 is 23.4 Å². The van der Waals surface area contributed by atoms with E-state index in [1.54, 1.807) is 6.33 Å². The highest BCUT2D eigenvalue weighted by Crippen LogP contribution is 2.28. The summed E-state index contributed by atoms with van der Waals surface area (Å²) < 4.78 is 1.83. The number of anilines is 1. The number of hydrogen-bond acceptors (Lipinski definition) is 6. The van der Waals surface area contributed by atoms with E-state index in [0.717, 1.165) is 60.6 Å². The van der Waals surface area contributed by atoms with Gasteiger partial charge in [-0.15, -0.1) is 0 Å². The van der Waals surface area contributed by atoms with Crippen molar-refractivity contribution in [2.75, 3.05) is 18.0 Å². The van der Waals surface area contributed by atoms with Gasteiger partial charge in [-0.2, -0.15) is 14.6 Å². The number of nitrogens with one attached hydrogen (secondary N) is 2. The molecule has 0 spiro atoms. The SMILES string of the molecule is CC(=O)NC(Cc1ccc(C)cc1)C(=O)NC1CCN(c2c(Cc3ccccc3)c(C)nc3ncnn23)CC1. The summed E-state index contributed by atoms with van der Waals surface area (Å²) >= 11 is 0. The van der Waals surface area contributed by atoms with Crippen LogP contribution in [0.15, 0.2) is 60.9 Å². The van der Waals surface area contributed by atoms with Crippen molar-refractivity contribution in [1.29, 1.82) is 0 Å². The molecule has 2 aromatic heterocycles. The normalized spacial score (nSPS) is 14.8. The Morgan fingerprint density at radius 3 is 2.41 bits per heavy atom. The molecule has 4 aromatic rings. The van der Waals surface area contributed by atoms with E-state index in [2.05, 4.69) is 37.7 Å². The molecule has 2 aromatic carbocycles. The Morgan fingerprint density at radius 2 is 1.72 bits per heavy atom. The van der Waals surface area contributed by atoms with Crippen LogP contribution in [0.2, 0.25) is 0 Å². The van der Waals surface area contributed by atoms with E-state index < -0.39 is 6.04 Å². The second-order valence-electron chi connectivity index (χ2n) is 10.3. The van der Waals surface area contributed by atoms with Crippen LogP contribution in [-0.4, -0.2) is 56.6 Å². The van der Waals surface area contributed by atoms with Crippen LogP contribution in [0.3, 0.4) is 0 Å². The molecular weight excluding hydrogens is 490 g/mol. The molecule has 1 unspecified atom stereocenters. The Balaban J connectivity index is 1.29. The molecule has 2 N–H and O–H groups in total. The van der Waals surface area contributed by atoms with Gasteiger partial charge < -0.3 is 15.5 Å². The number of benzene rings is 2. The second kappa shape index (κ2) is 11.6. The average molecular weight is 526 g/mol. The van der Waals surface area contributed by atoms with Crippen LogP contribution in [-0.2, 0) is 22.4 Å². The zero-order valence-corrected chi connectivity index (χ0v) is 22.7. The summed E-state index contributed by atoms with van der Waals surface area (Å²) in [5, 5.41) is 10.5. The van der Waals surface area contributed by atoms with Gasteiger partial charge in [0.2, 0.25) is 11.8 Å². The summed E-state index contributed by atoms with van der Waals surface area (Å²) in [5.41, 5.74) is 5.46. The van der Waals surface area contributed by atoms with E-state index in [1.807, 2.05) is 60.8 Å². The van der Waals surface area contributed by atoms with Gasteiger partial charge in [0, 0.05) is 50.2 Å². The minimum atomic E-state index is -0.613. The number of rotatable bonds is 8. The number of fused-ring (bicyclic) bond motifs is 1. The van der Waals surface area contributed by atoms with Crippen molar-refractivity contribution in [3.05, 3.63) is 88.9 Å². The highest BCUT2D eigenvalue weighted by molar-refractivity contribution is 5.87. The van der Waals surface area contributed by atoms with Gasteiger partial charge in [-0.3, -0.25) is 9.59 Å². The monoisotopic (exact) mass is 525 g/mol. The molecule has 0 saturated carbocycles. The zero-order chi connectivity index (χ0) is 27.4. The number of aryl methyl sites for hydroxylation is 2. The maximum Gasteiger partial charge on any atom is 0.254 e. The van der Waals surface area contributed by atoms with Gasteiger partial charge in [0.1, 0.15) is 18.2 Å². The van der Waals surface area contributed by atoms with Crippen molar-refractivity contribution in [3.8, 4) is 0 Å². The number of carbonyl (C=O) groups excluding carboxylic acids is 2. The molecule has 0 aliphatic carbocycles. The fraction of sp³-hybridized carbons (Fsp3) is 0.367. The van der Waals surface area contributed by atoms with E-state index in [0.29, 0.717) is 12.2 Å². The van der Waals surface area contributed by atoms with Gasteiger partial charge >= 0.3 is 0 Å². The van der Waals surface area contributed by atoms with Gasteiger partial charge in [0.05, 0.1) is 0 Å². The Morgan fingerprint density at radius 1 is 1.00 bits per heavy atom. The molecule has 9 heteroatoms. The standard InChI is InChI=1S/C30H35N7O2/c1-20-9-11-24(12-10-20)18-27(34-22(3)38)28(39)35-25-13-15-36(16-14-25)29-26(17-23-7-5-4-6-8-23)21(2)33-30-31-19-32-37(29)30/h4-12,19,25,27H,13-18H2,1-3H3,(H,34,38)(H,35,39). The summed E-state index contributed by atoms with van der Waals surface area (Å²) in [6.45, 7) is 7.02. The fourth-order valence-electron chi connectivity index (χ4n) is 5.25. The lowest BCUT2D eigenvalue weighted by molar-refractivity contribution is -0.128. The lowest BCUT2D eigenvalue weighted by Crippen LogP contribution is -2.52. The van der Waals surface area contributed by atoms with Gasteiger partial charge in [0.15, 0.2) is 0 Å². The summed E-state index contributed by atoms with van der Waals surface area (Å²) in [6.07, 6.45) is 4.31. The number of amides is 2. The molecule has 0 bridgehead atoms. The van der Waals surface area contributed by atoms with E-state index in [4.69, 9.17) is 4.98 Å². The lowest BCUT2D eigenvalue weighted by Gasteiger charge is -2.35. The Labute approximate surface area is 228 Å². The summed E-state index contributed by atoms with van der Waals surface area (Å²) in [5.74, 6) is 1.24.